The lowest BCUT2D eigenvalue weighted by atomic mass is 9.96. The molecule has 258 valence electrons. The molecular weight excluding hydrogens is 671 g/mol. The maximum atomic E-state index is 6.36. The molecule has 0 atom stereocenters. The van der Waals surface area contributed by atoms with E-state index in [4.69, 9.17) is 8.83 Å². The number of rotatable bonds is 6. The maximum absolute atomic E-state index is 6.36. The van der Waals surface area contributed by atoms with E-state index in [-0.39, 0.29) is 0 Å². The Labute approximate surface area is 317 Å². The number of benzene rings is 9. The molecule has 0 unspecified atom stereocenters. The van der Waals surface area contributed by atoms with Gasteiger partial charge in [-0.05, 0) is 105 Å². The quantitative estimate of drug-likeness (QED) is 0.173. The van der Waals surface area contributed by atoms with E-state index in [1.165, 1.54) is 27.5 Å². The number of hydrogen-bond donors (Lipinski definition) is 0. The van der Waals surface area contributed by atoms with Crippen LogP contribution in [0.3, 0.4) is 0 Å². The lowest BCUT2D eigenvalue weighted by Gasteiger charge is -2.26. The van der Waals surface area contributed by atoms with Crippen molar-refractivity contribution in [2.24, 2.45) is 0 Å². The average Bonchev–Trinajstić information content (AvgIpc) is 3.83. The highest BCUT2D eigenvalue weighted by atomic mass is 16.3. The molecule has 3 heteroatoms. The van der Waals surface area contributed by atoms with Gasteiger partial charge < -0.3 is 13.7 Å². The SMILES string of the molecule is c1ccc2c(-c3ccc(-c4ccc(N(c5ccc(-c6ccc7oc8ccccc8c7c6)cc5)c5cccc6oc7ccccc7c56)cc4)cc3)cccc2c1. The molecule has 0 bridgehead atoms. The summed E-state index contributed by atoms with van der Waals surface area (Å²) in [4.78, 5) is 2.34. The Balaban J connectivity index is 0.986. The number of anilines is 3. The van der Waals surface area contributed by atoms with Gasteiger partial charge in [0.2, 0.25) is 0 Å². The Morgan fingerprint density at radius 1 is 0.309 bits per heavy atom. The minimum atomic E-state index is 0.865. The Bertz CT molecular complexity index is 3180. The minimum absolute atomic E-state index is 0.865. The van der Waals surface area contributed by atoms with Crippen molar-refractivity contribution in [2.45, 2.75) is 0 Å². The third kappa shape index (κ3) is 5.28. The number of hydrogen-bond acceptors (Lipinski definition) is 3. The molecule has 2 aromatic heterocycles. The summed E-state index contributed by atoms with van der Waals surface area (Å²) in [7, 11) is 0. The first-order valence-electron chi connectivity index (χ1n) is 18.7. The smallest absolute Gasteiger partial charge is 0.137 e. The van der Waals surface area contributed by atoms with E-state index in [2.05, 4.69) is 181 Å². The van der Waals surface area contributed by atoms with Crippen molar-refractivity contribution in [2.75, 3.05) is 4.90 Å². The van der Waals surface area contributed by atoms with Gasteiger partial charge in [-0.1, -0.05) is 140 Å². The predicted octanol–water partition coefficient (Wildman–Crippen LogP) is 15.1. The van der Waals surface area contributed by atoms with E-state index in [0.717, 1.165) is 77.6 Å². The lowest BCUT2D eigenvalue weighted by Crippen LogP contribution is -2.10. The van der Waals surface area contributed by atoms with Gasteiger partial charge in [-0.3, -0.25) is 0 Å². The monoisotopic (exact) mass is 703 g/mol. The molecule has 0 fully saturated rings. The van der Waals surface area contributed by atoms with Crippen molar-refractivity contribution >= 4 is 71.7 Å². The Morgan fingerprint density at radius 2 is 0.800 bits per heavy atom. The molecule has 0 spiro atoms. The zero-order chi connectivity index (χ0) is 36.3. The van der Waals surface area contributed by atoms with Crippen LogP contribution < -0.4 is 4.90 Å². The number of para-hydroxylation sites is 2. The van der Waals surface area contributed by atoms with E-state index in [0.29, 0.717) is 0 Å². The molecule has 0 saturated heterocycles. The Kier molecular flexibility index (Phi) is 7.17. The van der Waals surface area contributed by atoms with Crippen LogP contribution in [0.5, 0.6) is 0 Å². The molecule has 55 heavy (non-hydrogen) atoms. The van der Waals surface area contributed by atoms with Gasteiger partial charge in [-0.2, -0.15) is 0 Å². The fourth-order valence-corrected chi connectivity index (χ4v) is 8.20. The second kappa shape index (κ2) is 12.6. The largest absolute Gasteiger partial charge is 0.456 e. The molecule has 0 aliphatic heterocycles. The lowest BCUT2D eigenvalue weighted by molar-refractivity contribution is 0.668. The third-order valence-corrected chi connectivity index (χ3v) is 10.9. The zero-order valence-electron chi connectivity index (χ0n) is 29.8. The zero-order valence-corrected chi connectivity index (χ0v) is 29.8. The van der Waals surface area contributed by atoms with Gasteiger partial charge in [-0.15, -0.1) is 0 Å². The standard InChI is InChI=1S/C52H33NO2/c1-2-11-42-37(9-1)10-7-14-43(42)38-21-19-34(20-22-38)35-23-28-40(29-24-35)53(47-15-8-18-51-52(47)45-13-4-6-17-49(45)55-51)41-30-25-36(26-31-41)39-27-32-50-46(33-39)44-12-3-5-16-48(44)54-50/h1-33H. The third-order valence-electron chi connectivity index (χ3n) is 10.9. The molecule has 11 rings (SSSR count). The summed E-state index contributed by atoms with van der Waals surface area (Å²) in [5, 5.41) is 6.96. The van der Waals surface area contributed by atoms with Crippen LogP contribution in [-0.4, -0.2) is 0 Å². The highest BCUT2D eigenvalue weighted by molar-refractivity contribution is 6.13. The van der Waals surface area contributed by atoms with Gasteiger partial charge in [0, 0.05) is 27.5 Å². The van der Waals surface area contributed by atoms with Gasteiger partial charge >= 0.3 is 0 Å². The fraction of sp³-hybridized carbons (Fsp3) is 0. The van der Waals surface area contributed by atoms with Crippen molar-refractivity contribution in [3.63, 3.8) is 0 Å². The summed E-state index contributed by atoms with van der Waals surface area (Å²) in [5.41, 5.74) is 13.8. The van der Waals surface area contributed by atoms with Crippen LogP contribution in [0.25, 0.3) is 88.0 Å². The van der Waals surface area contributed by atoms with Crippen molar-refractivity contribution in [1.82, 2.24) is 0 Å². The maximum Gasteiger partial charge on any atom is 0.137 e. The summed E-state index contributed by atoms with van der Waals surface area (Å²) < 4.78 is 12.5. The van der Waals surface area contributed by atoms with E-state index >= 15 is 0 Å². The van der Waals surface area contributed by atoms with Crippen LogP contribution in [0.15, 0.2) is 209 Å². The summed E-state index contributed by atoms with van der Waals surface area (Å²) in [6.45, 7) is 0. The van der Waals surface area contributed by atoms with Crippen molar-refractivity contribution in [3.05, 3.63) is 200 Å². The second-order valence-electron chi connectivity index (χ2n) is 14.1. The second-order valence-corrected chi connectivity index (χ2v) is 14.1. The van der Waals surface area contributed by atoms with E-state index in [9.17, 15) is 0 Å². The molecule has 9 aromatic carbocycles. The van der Waals surface area contributed by atoms with Crippen molar-refractivity contribution in [3.8, 4) is 33.4 Å². The highest BCUT2D eigenvalue weighted by Crippen LogP contribution is 2.44. The molecule has 11 aromatic rings. The average molecular weight is 704 g/mol. The van der Waals surface area contributed by atoms with Crippen molar-refractivity contribution < 1.29 is 8.83 Å². The molecule has 0 aliphatic rings. The summed E-state index contributed by atoms with van der Waals surface area (Å²) >= 11 is 0. The molecule has 0 saturated carbocycles. The number of nitrogens with zero attached hydrogens (tertiary/aromatic N) is 1. The summed E-state index contributed by atoms with van der Waals surface area (Å²) in [5.74, 6) is 0. The van der Waals surface area contributed by atoms with Crippen LogP contribution in [0.1, 0.15) is 0 Å². The van der Waals surface area contributed by atoms with Crippen LogP contribution in [0, 0.1) is 0 Å². The molecule has 0 radical (unpaired) electrons. The van der Waals surface area contributed by atoms with E-state index < -0.39 is 0 Å². The highest BCUT2D eigenvalue weighted by Gasteiger charge is 2.20. The molecule has 0 aliphatic carbocycles. The molecule has 0 amide bonds. The van der Waals surface area contributed by atoms with Crippen LogP contribution >= 0.6 is 0 Å². The first-order valence-corrected chi connectivity index (χ1v) is 18.7. The summed E-state index contributed by atoms with van der Waals surface area (Å²) in [6, 6.07) is 71.1. The van der Waals surface area contributed by atoms with Gasteiger partial charge in [0.15, 0.2) is 0 Å². The van der Waals surface area contributed by atoms with E-state index in [1.54, 1.807) is 0 Å². The predicted molar refractivity (Wildman–Crippen MR) is 229 cm³/mol. The molecular formula is C52H33NO2. The first-order chi connectivity index (χ1) is 27.2. The Morgan fingerprint density at radius 3 is 1.55 bits per heavy atom. The molecule has 0 N–H and O–H groups in total. The van der Waals surface area contributed by atoms with Gasteiger partial charge in [0.05, 0.1) is 11.1 Å². The van der Waals surface area contributed by atoms with Gasteiger partial charge in [0.1, 0.15) is 22.3 Å². The van der Waals surface area contributed by atoms with Gasteiger partial charge in [0.25, 0.3) is 0 Å². The van der Waals surface area contributed by atoms with Crippen LogP contribution in [0.4, 0.5) is 17.1 Å². The van der Waals surface area contributed by atoms with Crippen LogP contribution in [0.2, 0.25) is 0 Å². The first kappa shape index (κ1) is 31.2. The molecule has 3 nitrogen and oxygen atoms in total. The topological polar surface area (TPSA) is 29.5 Å². The fourth-order valence-electron chi connectivity index (χ4n) is 8.20. The summed E-state index contributed by atoms with van der Waals surface area (Å²) in [6.07, 6.45) is 0. The van der Waals surface area contributed by atoms with Crippen molar-refractivity contribution in [1.29, 1.82) is 0 Å². The minimum Gasteiger partial charge on any atom is -0.456 e. The number of furan rings is 2. The molecule has 2 heterocycles. The van der Waals surface area contributed by atoms with Gasteiger partial charge in [-0.25, -0.2) is 0 Å². The normalized spacial score (nSPS) is 11.6. The number of fused-ring (bicyclic) bond motifs is 7. The van der Waals surface area contributed by atoms with Crippen LogP contribution in [-0.2, 0) is 0 Å². The Hall–Kier alpha value is -7.36. The van der Waals surface area contributed by atoms with E-state index in [1.807, 2.05) is 24.3 Å².